The van der Waals surface area contributed by atoms with Crippen molar-refractivity contribution in [3.8, 4) is 11.8 Å². The van der Waals surface area contributed by atoms with E-state index >= 15 is 0 Å². The van der Waals surface area contributed by atoms with Crippen LogP contribution in [0.2, 0.25) is 0 Å². The minimum absolute atomic E-state index is 0.0362. The summed E-state index contributed by atoms with van der Waals surface area (Å²) in [5.41, 5.74) is 0.0362. The molecule has 0 atom stereocenters. The van der Waals surface area contributed by atoms with Gasteiger partial charge in [0.15, 0.2) is 0 Å². The topological polar surface area (TPSA) is 37.3 Å². The maximum Gasteiger partial charge on any atom is 0.304 e. The second-order valence-corrected chi connectivity index (χ2v) is 4.18. The van der Waals surface area contributed by atoms with Gasteiger partial charge in [-0.3, -0.25) is 4.79 Å². The van der Waals surface area contributed by atoms with Gasteiger partial charge in [-0.1, -0.05) is 25.7 Å². The highest BCUT2D eigenvalue weighted by atomic mass is 16.4. The Morgan fingerprint density at radius 1 is 1.43 bits per heavy atom. The van der Waals surface area contributed by atoms with E-state index in [1.165, 1.54) is 12.8 Å². The number of carbonyl (C=O) groups is 1. The standard InChI is InChI=1S/C12H20O2/c1-4-5-9-12(2,3)10-7-6-8-11(13)14/h4-6,8-9H2,1-3H3,(H,13,14). The molecule has 0 saturated carbocycles. The molecular weight excluding hydrogens is 176 g/mol. The fourth-order valence-corrected chi connectivity index (χ4v) is 1.15. The molecule has 0 aliphatic carbocycles. The molecule has 0 heterocycles. The highest BCUT2D eigenvalue weighted by molar-refractivity contribution is 5.67. The third-order valence-corrected chi connectivity index (χ3v) is 2.05. The van der Waals surface area contributed by atoms with E-state index in [0.717, 1.165) is 6.42 Å². The molecule has 0 aromatic carbocycles. The Balaban J connectivity index is 3.86. The number of aliphatic carboxylic acids is 1. The molecule has 0 aliphatic rings. The van der Waals surface area contributed by atoms with E-state index in [9.17, 15) is 4.79 Å². The van der Waals surface area contributed by atoms with E-state index in [-0.39, 0.29) is 11.8 Å². The molecule has 0 bridgehead atoms. The number of hydrogen-bond acceptors (Lipinski definition) is 1. The molecule has 14 heavy (non-hydrogen) atoms. The van der Waals surface area contributed by atoms with Crippen LogP contribution in [0.1, 0.15) is 52.9 Å². The monoisotopic (exact) mass is 196 g/mol. The molecule has 0 saturated heterocycles. The number of carboxylic acid groups (broad SMARTS) is 1. The maximum atomic E-state index is 10.2. The van der Waals surface area contributed by atoms with Crippen LogP contribution in [0.3, 0.4) is 0 Å². The van der Waals surface area contributed by atoms with Crippen LogP contribution in [-0.2, 0) is 4.79 Å². The first-order valence-electron chi connectivity index (χ1n) is 5.20. The van der Waals surface area contributed by atoms with Crippen molar-refractivity contribution in [2.75, 3.05) is 0 Å². The number of hydrogen-bond donors (Lipinski definition) is 1. The van der Waals surface area contributed by atoms with Crippen molar-refractivity contribution in [2.45, 2.75) is 52.9 Å². The summed E-state index contributed by atoms with van der Waals surface area (Å²) in [7, 11) is 0. The van der Waals surface area contributed by atoms with E-state index in [1.807, 2.05) is 0 Å². The molecule has 0 aliphatic heterocycles. The molecule has 0 fully saturated rings. The van der Waals surface area contributed by atoms with Gasteiger partial charge in [0.2, 0.25) is 0 Å². The van der Waals surface area contributed by atoms with Gasteiger partial charge in [0.25, 0.3) is 0 Å². The fourth-order valence-electron chi connectivity index (χ4n) is 1.15. The Bertz CT molecular complexity index is 230. The van der Waals surface area contributed by atoms with Gasteiger partial charge in [-0.15, -0.1) is 5.92 Å². The van der Waals surface area contributed by atoms with Gasteiger partial charge in [0.05, 0.1) is 6.42 Å². The smallest absolute Gasteiger partial charge is 0.304 e. The second kappa shape index (κ2) is 6.48. The van der Waals surface area contributed by atoms with Gasteiger partial charge in [-0.05, 0) is 20.3 Å². The van der Waals surface area contributed by atoms with Gasteiger partial charge >= 0.3 is 5.97 Å². The molecule has 0 spiro atoms. The summed E-state index contributed by atoms with van der Waals surface area (Å²) in [6.07, 6.45) is 4.06. The predicted molar refractivity (Wildman–Crippen MR) is 58.0 cm³/mol. The van der Waals surface area contributed by atoms with Gasteiger partial charge < -0.3 is 5.11 Å². The van der Waals surface area contributed by atoms with Crippen LogP contribution in [0.25, 0.3) is 0 Å². The van der Waals surface area contributed by atoms with Crippen LogP contribution in [0.5, 0.6) is 0 Å². The number of unbranched alkanes of at least 4 members (excludes halogenated alkanes) is 1. The van der Waals surface area contributed by atoms with Crippen molar-refractivity contribution in [2.24, 2.45) is 5.41 Å². The summed E-state index contributed by atoms with van der Waals surface area (Å²) in [5.74, 6) is 5.30. The van der Waals surface area contributed by atoms with Crippen LogP contribution in [-0.4, -0.2) is 11.1 Å². The SMILES string of the molecule is CCCCC(C)(C)C#CCCC(=O)O. The van der Waals surface area contributed by atoms with E-state index in [2.05, 4.69) is 32.6 Å². The Hall–Kier alpha value is -0.970. The molecule has 1 N–H and O–H groups in total. The quantitative estimate of drug-likeness (QED) is 0.686. The maximum absolute atomic E-state index is 10.2. The lowest BCUT2D eigenvalue weighted by Crippen LogP contribution is -2.07. The summed E-state index contributed by atoms with van der Waals surface area (Å²) < 4.78 is 0. The second-order valence-electron chi connectivity index (χ2n) is 4.18. The van der Waals surface area contributed by atoms with Crippen LogP contribution < -0.4 is 0 Å². The molecule has 0 unspecified atom stereocenters. The third-order valence-electron chi connectivity index (χ3n) is 2.05. The lowest BCUT2D eigenvalue weighted by Gasteiger charge is -2.16. The van der Waals surface area contributed by atoms with Gasteiger partial charge in [-0.25, -0.2) is 0 Å². The first-order valence-corrected chi connectivity index (χ1v) is 5.20. The summed E-state index contributed by atoms with van der Waals surface area (Å²) in [5, 5.41) is 8.42. The van der Waals surface area contributed by atoms with Crippen LogP contribution in [0, 0.1) is 17.3 Å². The largest absolute Gasteiger partial charge is 0.481 e. The molecule has 2 nitrogen and oxygen atoms in total. The average Bonchev–Trinajstić information content (AvgIpc) is 2.09. The van der Waals surface area contributed by atoms with Crippen molar-refractivity contribution in [3.63, 3.8) is 0 Å². The molecule has 0 rings (SSSR count). The average molecular weight is 196 g/mol. The minimum atomic E-state index is -0.773. The van der Waals surface area contributed by atoms with Crippen molar-refractivity contribution < 1.29 is 9.90 Å². The Kier molecular flexibility index (Phi) is 6.03. The van der Waals surface area contributed by atoms with Crippen LogP contribution >= 0.6 is 0 Å². The Morgan fingerprint density at radius 2 is 2.07 bits per heavy atom. The zero-order valence-corrected chi connectivity index (χ0v) is 9.39. The summed E-state index contributed by atoms with van der Waals surface area (Å²) >= 11 is 0. The normalized spacial score (nSPS) is 10.5. The summed E-state index contributed by atoms with van der Waals surface area (Å²) in [4.78, 5) is 10.2. The molecular formula is C12H20O2. The lowest BCUT2D eigenvalue weighted by molar-refractivity contribution is -0.136. The Labute approximate surface area is 86.7 Å². The van der Waals surface area contributed by atoms with E-state index in [1.54, 1.807) is 0 Å². The summed E-state index contributed by atoms with van der Waals surface area (Å²) in [6, 6.07) is 0. The van der Waals surface area contributed by atoms with Crippen LogP contribution in [0.15, 0.2) is 0 Å². The highest BCUT2D eigenvalue weighted by Gasteiger charge is 2.12. The zero-order valence-electron chi connectivity index (χ0n) is 9.39. The van der Waals surface area contributed by atoms with E-state index in [4.69, 9.17) is 5.11 Å². The first-order chi connectivity index (χ1) is 6.48. The fraction of sp³-hybridized carbons (Fsp3) is 0.750. The number of carboxylic acids is 1. The van der Waals surface area contributed by atoms with Crippen molar-refractivity contribution in [1.29, 1.82) is 0 Å². The van der Waals surface area contributed by atoms with Crippen molar-refractivity contribution >= 4 is 5.97 Å². The molecule has 2 heteroatoms. The van der Waals surface area contributed by atoms with Gasteiger partial charge in [-0.2, -0.15) is 0 Å². The molecule has 0 radical (unpaired) electrons. The van der Waals surface area contributed by atoms with Gasteiger partial charge in [0.1, 0.15) is 0 Å². The highest BCUT2D eigenvalue weighted by Crippen LogP contribution is 2.21. The summed E-state index contributed by atoms with van der Waals surface area (Å²) in [6.45, 7) is 6.38. The molecule has 80 valence electrons. The van der Waals surface area contributed by atoms with E-state index in [0.29, 0.717) is 6.42 Å². The van der Waals surface area contributed by atoms with Crippen LogP contribution in [0.4, 0.5) is 0 Å². The number of rotatable bonds is 5. The Morgan fingerprint density at radius 3 is 2.57 bits per heavy atom. The molecule has 0 aromatic rings. The molecule has 0 amide bonds. The third kappa shape index (κ3) is 7.67. The van der Waals surface area contributed by atoms with E-state index < -0.39 is 5.97 Å². The van der Waals surface area contributed by atoms with Crippen molar-refractivity contribution in [1.82, 2.24) is 0 Å². The minimum Gasteiger partial charge on any atom is -0.481 e. The predicted octanol–water partition coefficient (Wildman–Crippen LogP) is 3.07. The molecule has 0 aromatic heterocycles. The lowest BCUT2D eigenvalue weighted by atomic mass is 9.88. The first kappa shape index (κ1) is 13.0. The van der Waals surface area contributed by atoms with Crippen molar-refractivity contribution in [3.05, 3.63) is 0 Å². The zero-order chi connectivity index (χ0) is 11.0. The van der Waals surface area contributed by atoms with Gasteiger partial charge in [0, 0.05) is 11.8 Å².